The SMILES string of the molecule is Cc1ccc(C2=NN3[C@@H](C2)c2cc(Cl)ccc2O[C@H]3c2ccco2)cc1. The second kappa shape index (κ2) is 5.92. The summed E-state index contributed by atoms with van der Waals surface area (Å²) >= 11 is 6.24. The fraction of sp³-hybridized carbons (Fsp3) is 0.190. The standard InChI is InChI=1S/C21H17ClN2O2/c1-13-4-6-14(7-5-13)17-12-18-16-11-15(22)8-9-19(16)26-21(24(18)23-17)20-3-2-10-25-20/h2-11,18,21H,12H2,1H3/t18-,21-/m0/s1. The summed E-state index contributed by atoms with van der Waals surface area (Å²) < 4.78 is 11.8. The minimum Gasteiger partial charge on any atom is -0.463 e. The van der Waals surface area contributed by atoms with Crippen molar-refractivity contribution in [1.29, 1.82) is 0 Å². The average molecular weight is 365 g/mol. The Labute approximate surface area is 156 Å². The van der Waals surface area contributed by atoms with Gasteiger partial charge < -0.3 is 9.15 Å². The number of halogens is 1. The number of nitrogens with zero attached hydrogens (tertiary/aromatic N) is 2. The fourth-order valence-corrected chi connectivity index (χ4v) is 3.78. The summed E-state index contributed by atoms with van der Waals surface area (Å²) in [6.07, 6.45) is 2.08. The minimum atomic E-state index is -0.383. The number of aryl methyl sites for hydroxylation is 1. The summed E-state index contributed by atoms with van der Waals surface area (Å²) in [6.45, 7) is 2.09. The van der Waals surface area contributed by atoms with Crippen molar-refractivity contribution in [3.63, 3.8) is 0 Å². The number of ether oxygens (including phenoxy) is 1. The highest BCUT2D eigenvalue weighted by atomic mass is 35.5. The molecular formula is C21H17ClN2O2. The van der Waals surface area contributed by atoms with E-state index in [1.807, 2.05) is 35.3 Å². The molecule has 0 amide bonds. The van der Waals surface area contributed by atoms with Crippen LogP contribution in [-0.4, -0.2) is 10.7 Å². The first-order valence-corrected chi connectivity index (χ1v) is 8.99. The number of fused-ring (bicyclic) bond motifs is 3. The first-order valence-electron chi connectivity index (χ1n) is 8.61. The van der Waals surface area contributed by atoms with Gasteiger partial charge in [-0.1, -0.05) is 41.4 Å². The number of rotatable bonds is 2. The van der Waals surface area contributed by atoms with Gasteiger partial charge >= 0.3 is 0 Å². The lowest BCUT2D eigenvalue weighted by Gasteiger charge is -2.36. The third-order valence-corrected chi connectivity index (χ3v) is 5.16. The smallest absolute Gasteiger partial charge is 0.246 e. The Hall–Kier alpha value is -2.72. The highest BCUT2D eigenvalue weighted by Crippen LogP contribution is 2.48. The van der Waals surface area contributed by atoms with E-state index < -0.39 is 0 Å². The second-order valence-corrected chi connectivity index (χ2v) is 7.12. The van der Waals surface area contributed by atoms with Crippen LogP contribution in [0.25, 0.3) is 0 Å². The number of hydrogen-bond donors (Lipinski definition) is 0. The summed E-state index contributed by atoms with van der Waals surface area (Å²) in [6, 6.07) is 18.1. The van der Waals surface area contributed by atoms with Crippen LogP contribution in [0.4, 0.5) is 0 Å². The van der Waals surface area contributed by atoms with Crippen molar-refractivity contribution < 1.29 is 9.15 Å². The topological polar surface area (TPSA) is 38.0 Å². The van der Waals surface area contributed by atoms with E-state index in [0.29, 0.717) is 5.02 Å². The van der Waals surface area contributed by atoms with Crippen LogP contribution >= 0.6 is 11.6 Å². The van der Waals surface area contributed by atoms with Crippen LogP contribution in [0.5, 0.6) is 5.75 Å². The molecule has 2 aromatic carbocycles. The van der Waals surface area contributed by atoms with E-state index in [0.717, 1.165) is 34.8 Å². The van der Waals surface area contributed by atoms with Crippen molar-refractivity contribution in [3.05, 3.63) is 88.3 Å². The monoisotopic (exact) mass is 364 g/mol. The molecule has 2 atom stereocenters. The molecule has 0 radical (unpaired) electrons. The van der Waals surface area contributed by atoms with Gasteiger partial charge in [0, 0.05) is 17.0 Å². The molecule has 3 heterocycles. The number of hydrazone groups is 1. The van der Waals surface area contributed by atoms with Gasteiger partial charge in [0.05, 0.1) is 18.0 Å². The molecule has 0 fully saturated rings. The predicted molar refractivity (Wildman–Crippen MR) is 100 cm³/mol. The van der Waals surface area contributed by atoms with Gasteiger partial charge in [0.15, 0.2) is 5.76 Å². The molecule has 26 heavy (non-hydrogen) atoms. The highest BCUT2D eigenvalue weighted by molar-refractivity contribution is 6.30. The number of furan rings is 1. The quantitative estimate of drug-likeness (QED) is 0.604. The van der Waals surface area contributed by atoms with Crippen molar-refractivity contribution in [2.45, 2.75) is 25.6 Å². The first-order chi connectivity index (χ1) is 12.7. The van der Waals surface area contributed by atoms with E-state index in [9.17, 15) is 0 Å². The maximum atomic E-state index is 6.24. The zero-order valence-electron chi connectivity index (χ0n) is 14.2. The van der Waals surface area contributed by atoms with Gasteiger partial charge in [0.2, 0.25) is 6.23 Å². The molecule has 5 rings (SSSR count). The molecule has 2 aliphatic rings. The van der Waals surface area contributed by atoms with Gasteiger partial charge in [-0.3, -0.25) is 0 Å². The Morgan fingerprint density at radius 1 is 1.12 bits per heavy atom. The number of hydrogen-bond acceptors (Lipinski definition) is 4. The molecule has 0 saturated carbocycles. The Morgan fingerprint density at radius 3 is 2.73 bits per heavy atom. The van der Waals surface area contributed by atoms with E-state index in [1.54, 1.807) is 6.26 Å². The molecular weight excluding hydrogens is 348 g/mol. The third-order valence-electron chi connectivity index (χ3n) is 4.92. The van der Waals surface area contributed by atoms with Gasteiger partial charge in [-0.15, -0.1) is 0 Å². The zero-order valence-corrected chi connectivity index (χ0v) is 15.0. The average Bonchev–Trinajstić information content (AvgIpc) is 3.32. The van der Waals surface area contributed by atoms with Gasteiger partial charge in [0.1, 0.15) is 5.75 Å². The largest absolute Gasteiger partial charge is 0.463 e. The molecule has 1 aromatic heterocycles. The Morgan fingerprint density at radius 2 is 1.96 bits per heavy atom. The zero-order chi connectivity index (χ0) is 17.7. The normalized spacial score (nSPS) is 21.0. The van der Waals surface area contributed by atoms with Crippen molar-refractivity contribution in [3.8, 4) is 5.75 Å². The van der Waals surface area contributed by atoms with E-state index in [4.69, 9.17) is 25.9 Å². The maximum Gasteiger partial charge on any atom is 0.246 e. The molecule has 5 heteroatoms. The Balaban J connectivity index is 1.60. The van der Waals surface area contributed by atoms with Crippen LogP contribution in [0.15, 0.2) is 70.4 Å². The van der Waals surface area contributed by atoms with E-state index in [-0.39, 0.29) is 12.3 Å². The minimum absolute atomic E-state index is 0.0730. The molecule has 0 saturated heterocycles. The van der Waals surface area contributed by atoms with Crippen LogP contribution in [0.3, 0.4) is 0 Å². The van der Waals surface area contributed by atoms with Crippen molar-refractivity contribution >= 4 is 17.3 Å². The summed E-state index contributed by atoms with van der Waals surface area (Å²) in [5, 5.41) is 7.59. The van der Waals surface area contributed by atoms with E-state index in [2.05, 4.69) is 31.2 Å². The lowest BCUT2D eigenvalue weighted by molar-refractivity contribution is -0.0325. The van der Waals surface area contributed by atoms with E-state index in [1.165, 1.54) is 5.56 Å². The predicted octanol–water partition coefficient (Wildman–Crippen LogP) is 5.48. The van der Waals surface area contributed by atoms with Crippen LogP contribution in [0.2, 0.25) is 5.02 Å². The lowest BCUT2D eigenvalue weighted by Crippen LogP contribution is -2.33. The van der Waals surface area contributed by atoms with Crippen molar-refractivity contribution in [2.75, 3.05) is 0 Å². The molecule has 0 unspecified atom stereocenters. The van der Waals surface area contributed by atoms with E-state index >= 15 is 0 Å². The van der Waals surface area contributed by atoms with Crippen LogP contribution < -0.4 is 4.74 Å². The van der Waals surface area contributed by atoms with Crippen LogP contribution in [-0.2, 0) is 0 Å². The molecule has 4 nitrogen and oxygen atoms in total. The summed E-state index contributed by atoms with van der Waals surface area (Å²) in [4.78, 5) is 0. The van der Waals surface area contributed by atoms with Gasteiger partial charge in [-0.2, -0.15) is 5.10 Å². The maximum absolute atomic E-state index is 6.24. The number of benzene rings is 2. The Bertz CT molecular complexity index is 980. The molecule has 0 bridgehead atoms. The fourth-order valence-electron chi connectivity index (χ4n) is 3.60. The molecule has 0 spiro atoms. The molecule has 130 valence electrons. The summed E-state index contributed by atoms with van der Waals surface area (Å²) in [5.41, 5.74) is 4.47. The molecule has 0 aliphatic carbocycles. The third kappa shape index (κ3) is 2.49. The van der Waals surface area contributed by atoms with Gasteiger partial charge in [-0.05, 0) is 42.8 Å². The molecule has 0 N–H and O–H groups in total. The van der Waals surface area contributed by atoms with Gasteiger partial charge in [-0.25, -0.2) is 5.01 Å². The van der Waals surface area contributed by atoms with Crippen LogP contribution in [0.1, 0.15) is 41.1 Å². The molecule has 3 aromatic rings. The first kappa shape index (κ1) is 15.5. The Kier molecular flexibility index (Phi) is 3.54. The highest BCUT2D eigenvalue weighted by Gasteiger charge is 2.42. The summed E-state index contributed by atoms with van der Waals surface area (Å²) in [7, 11) is 0. The van der Waals surface area contributed by atoms with Crippen molar-refractivity contribution in [1.82, 2.24) is 5.01 Å². The molecule has 2 aliphatic heterocycles. The van der Waals surface area contributed by atoms with Crippen LogP contribution in [0, 0.1) is 6.92 Å². The summed E-state index contributed by atoms with van der Waals surface area (Å²) in [5.74, 6) is 1.57. The second-order valence-electron chi connectivity index (χ2n) is 6.68. The van der Waals surface area contributed by atoms with Gasteiger partial charge in [0.25, 0.3) is 0 Å². The van der Waals surface area contributed by atoms with Crippen molar-refractivity contribution in [2.24, 2.45) is 5.10 Å². The lowest BCUT2D eigenvalue weighted by atomic mass is 9.96.